The van der Waals surface area contributed by atoms with Gasteiger partial charge >= 0.3 is 13.3 Å². The van der Waals surface area contributed by atoms with Crippen molar-refractivity contribution in [1.29, 1.82) is 0 Å². The first-order valence-electron chi connectivity index (χ1n) is 9.83. The van der Waals surface area contributed by atoms with Crippen LogP contribution < -0.4 is 5.73 Å². The van der Waals surface area contributed by atoms with Gasteiger partial charge in [-0.1, -0.05) is 38.5 Å². The minimum Gasteiger partial charge on any atom is -0.427 e. The maximum absolute atomic E-state index is 8.89. The van der Waals surface area contributed by atoms with Gasteiger partial charge in [-0.2, -0.15) is 9.59 Å². The number of thiophene rings is 1. The zero-order chi connectivity index (χ0) is 20.4. The minimum absolute atomic E-state index is 0. The van der Waals surface area contributed by atoms with Crippen molar-refractivity contribution in [3.8, 4) is 0 Å². The van der Waals surface area contributed by atoms with Crippen LogP contribution in [0.15, 0.2) is 29.6 Å². The number of piperidine rings is 1. The molecule has 8 heteroatoms. The molecular weight excluding hydrogens is 387 g/mol. The van der Waals surface area contributed by atoms with Gasteiger partial charge in [0.15, 0.2) is 0 Å². The van der Waals surface area contributed by atoms with E-state index >= 15 is 0 Å². The maximum atomic E-state index is 8.89. The van der Waals surface area contributed by atoms with E-state index in [0.717, 1.165) is 38.9 Å². The average molecular weight is 420 g/mol. The third kappa shape index (κ3) is 8.38. The van der Waals surface area contributed by atoms with Gasteiger partial charge in [0.1, 0.15) is 0 Å². The lowest BCUT2D eigenvalue weighted by Crippen LogP contribution is -2.40. The van der Waals surface area contributed by atoms with E-state index in [1.807, 2.05) is 11.3 Å². The molecule has 0 amide bonds. The number of unbranched alkanes of at least 4 members (excludes halogenated alkanes) is 1. The van der Waals surface area contributed by atoms with Crippen LogP contribution in [0, 0.1) is 5.92 Å². The SMILES string of the molecule is C.NC(CCCCB(O)O)C1CCN(Cc2csc3ccccc23)CC1.O=C=O. The molecule has 1 saturated heterocycles. The van der Waals surface area contributed by atoms with Crippen LogP contribution in [-0.4, -0.2) is 47.3 Å². The monoisotopic (exact) mass is 420 g/mol. The molecule has 1 aliphatic rings. The van der Waals surface area contributed by atoms with Crippen LogP contribution in [0.3, 0.4) is 0 Å². The molecule has 0 saturated carbocycles. The van der Waals surface area contributed by atoms with E-state index in [0.29, 0.717) is 12.2 Å². The summed E-state index contributed by atoms with van der Waals surface area (Å²) in [5.74, 6) is 0.606. The summed E-state index contributed by atoms with van der Waals surface area (Å²) in [5, 5.41) is 21.5. The maximum Gasteiger partial charge on any atom is 0.451 e. The summed E-state index contributed by atoms with van der Waals surface area (Å²) in [4.78, 5) is 18.8. The number of hydrogen-bond acceptors (Lipinski definition) is 7. The molecule has 6 nitrogen and oxygen atoms in total. The third-order valence-electron chi connectivity index (χ3n) is 5.44. The fourth-order valence-electron chi connectivity index (χ4n) is 3.88. The Labute approximate surface area is 177 Å². The van der Waals surface area contributed by atoms with Crippen molar-refractivity contribution in [3.63, 3.8) is 0 Å². The first-order valence-corrected chi connectivity index (χ1v) is 10.7. The van der Waals surface area contributed by atoms with Gasteiger partial charge in [0, 0.05) is 17.3 Å². The number of benzene rings is 1. The largest absolute Gasteiger partial charge is 0.451 e. The Morgan fingerprint density at radius 2 is 1.86 bits per heavy atom. The van der Waals surface area contributed by atoms with Crippen LogP contribution in [0.4, 0.5) is 0 Å². The van der Waals surface area contributed by atoms with Crippen LogP contribution in [0.2, 0.25) is 6.32 Å². The van der Waals surface area contributed by atoms with Gasteiger partial charge in [0.05, 0.1) is 0 Å². The predicted molar refractivity (Wildman–Crippen MR) is 118 cm³/mol. The Bertz CT molecular complexity index is 741. The van der Waals surface area contributed by atoms with Crippen molar-refractivity contribution in [3.05, 3.63) is 35.2 Å². The van der Waals surface area contributed by atoms with Crippen LogP contribution in [0.5, 0.6) is 0 Å². The predicted octanol–water partition coefficient (Wildman–Crippen LogP) is 3.14. The van der Waals surface area contributed by atoms with Crippen LogP contribution in [0.25, 0.3) is 10.1 Å². The molecule has 1 aromatic heterocycles. The Balaban J connectivity index is 0.000000990. The minimum atomic E-state index is -1.17. The van der Waals surface area contributed by atoms with Crippen LogP contribution in [-0.2, 0) is 16.1 Å². The first kappa shape index (κ1) is 25.5. The van der Waals surface area contributed by atoms with Crippen molar-refractivity contribution in [2.45, 2.75) is 58.4 Å². The Kier molecular flexibility index (Phi) is 12.0. The lowest BCUT2D eigenvalue weighted by molar-refractivity contribution is -0.191. The highest BCUT2D eigenvalue weighted by Crippen LogP contribution is 2.29. The fourth-order valence-corrected chi connectivity index (χ4v) is 4.83. The van der Waals surface area contributed by atoms with E-state index in [1.165, 1.54) is 28.5 Å². The number of hydrogen-bond donors (Lipinski definition) is 3. The van der Waals surface area contributed by atoms with E-state index in [4.69, 9.17) is 25.4 Å². The lowest BCUT2D eigenvalue weighted by Gasteiger charge is -2.34. The smallest absolute Gasteiger partial charge is 0.427 e. The van der Waals surface area contributed by atoms with Gasteiger partial charge in [-0.05, 0) is 67.0 Å². The molecule has 29 heavy (non-hydrogen) atoms. The molecule has 1 aliphatic heterocycles. The third-order valence-corrected chi connectivity index (χ3v) is 6.45. The summed E-state index contributed by atoms with van der Waals surface area (Å²) in [6.45, 7) is 3.29. The van der Waals surface area contributed by atoms with E-state index < -0.39 is 7.12 Å². The number of nitrogens with zero attached hydrogens (tertiary/aromatic N) is 1. The molecule has 0 aliphatic carbocycles. The normalized spacial score (nSPS) is 15.7. The summed E-state index contributed by atoms with van der Waals surface area (Å²) >= 11 is 1.84. The van der Waals surface area contributed by atoms with Crippen molar-refractivity contribution in [2.75, 3.05) is 13.1 Å². The van der Waals surface area contributed by atoms with Crippen molar-refractivity contribution >= 4 is 34.7 Å². The van der Waals surface area contributed by atoms with Gasteiger partial charge in [-0.25, -0.2) is 0 Å². The summed E-state index contributed by atoms with van der Waals surface area (Å²) in [6.07, 6.45) is 5.87. The topological polar surface area (TPSA) is 104 Å². The van der Waals surface area contributed by atoms with Gasteiger partial charge in [-0.3, -0.25) is 4.90 Å². The summed E-state index contributed by atoms with van der Waals surface area (Å²) in [7, 11) is -1.17. The van der Waals surface area contributed by atoms with Crippen LogP contribution >= 0.6 is 11.3 Å². The second-order valence-corrected chi connectivity index (χ2v) is 8.29. The number of nitrogens with two attached hydrogens (primary N) is 1. The molecule has 2 aromatic rings. The van der Waals surface area contributed by atoms with Gasteiger partial charge in [0.2, 0.25) is 0 Å². The van der Waals surface area contributed by atoms with Crippen molar-refractivity contribution in [1.82, 2.24) is 4.90 Å². The lowest BCUT2D eigenvalue weighted by atomic mass is 9.82. The number of fused-ring (bicyclic) bond motifs is 1. The zero-order valence-electron chi connectivity index (χ0n) is 16.1. The van der Waals surface area contributed by atoms with Crippen LogP contribution in [0.1, 0.15) is 45.1 Å². The van der Waals surface area contributed by atoms with Crippen molar-refractivity contribution in [2.24, 2.45) is 11.7 Å². The fraction of sp³-hybridized carbons (Fsp3) is 0.571. The highest BCUT2D eigenvalue weighted by molar-refractivity contribution is 7.17. The molecule has 4 N–H and O–H groups in total. The summed E-state index contributed by atoms with van der Waals surface area (Å²) in [5.41, 5.74) is 7.83. The summed E-state index contributed by atoms with van der Waals surface area (Å²) < 4.78 is 1.38. The number of rotatable bonds is 8. The Morgan fingerprint density at radius 1 is 1.21 bits per heavy atom. The Hall–Kier alpha value is -1.54. The van der Waals surface area contributed by atoms with E-state index in [9.17, 15) is 0 Å². The molecule has 1 fully saturated rings. The van der Waals surface area contributed by atoms with Gasteiger partial charge < -0.3 is 15.8 Å². The van der Waals surface area contributed by atoms with E-state index in [-0.39, 0.29) is 19.6 Å². The number of carbonyl (C=O) groups excluding carboxylic acids is 2. The number of likely N-dealkylation sites (tertiary alicyclic amines) is 1. The zero-order valence-corrected chi connectivity index (χ0v) is 16.9. The molecule has 0 bridgehead atoms. The van der Waals surface area contributed by atoms with E-state index in [1.54, 1.807) is 0 Å². The molecule has 1 atom stereocenters. The second-order valence-electron chi connectivity index (χ2n) is 7.38. The molecule has 3 rings (SSSR count). The van der Waals surface area contributed by atoms with Gasteiger partial charge in [-0.15, -0.1) is 11.3 Å². The molecule has 160 valence electrons. The van der Waals surface area contributed by atoms with Gasteiger partial charge in [0.25, 0.3) is 0 Å². The highest BCUT2D eigenvalue weighted by atomic mass is 32.1. The van der Waals surface area contributed by atoms with E-state index in [2.05, 4.69) is 34.5 Å². The van der Waals surface area contributed by atoms with Crippen molar-refractivity contribution < 1.29 is 19.6 Å². The Morgan fingerprint density at radius 3 is 2.52 bits per heavy atom. The first-order chi connectivity index (χ1) is 13.5. The second kappa shape index (κ2) is 13.6. The highest BCUT2D eigenvalue weighted by Gasteiger charge is 2.24. The molecule has 0 radical (unpaired) electrons. The molecule has 1 aromatic carbocycles. The summed E-state index contributed by atoms with van der Waals surface area (Å²) in [6, 6.07) is 8.91. The quantitative estimate of drug-likeness (QED) is 0.448. The average Bonchev–Trinajstić information content (AvgIpc) is 3.09. The molecule has 1 unspecified atom stereocenters. The standard InChI is InChI=1S/C19H29BN2O2S.CO2.CH4/c21-18(6-3-4-10-20(23)24)15-8-11-22(12-9-15)13-16-14-25-19-7-2-1-5-17(16)19;2-1-3;/h1-2,5,7,14-15,18,23-24H,3-4,6,8-13,21H2;;1H4. The molecule has 2 heterocycles. The molecular formula is C21H33BN2O4S. The molecule has 0 spiro atoms.